The number of halogens is 1. The number of aliphatic hydroxyl groups excluding tert-OH is 1. The van der Waals surface area contributed by atoms with Crippen LogP contribution >= 0.6 is 0 Å². The van der Waals surface area contributed by atoms with Gasteiger partial charge in [-0.2, -0.15) is 0 Å². The van der Waals surface area contributed by atoms with Crippen molar-refractivity contribution in [1.82, 2.24) is 0 Å². The van der Waals surface area contributed by atoms with Crippen LogP contribution in [0.25, 0.3) is 0 Å². The first-order valence-corrected chi connectivity index (χ1v) is 5.31. The molecule has 17 heavy (non-hydrogen) atoms. The van der Waals surface area contributed by atoms with Crippen molar-refractivity contribution < 1.29 is 14.3 Å². The molecule has 2 rings (SSSR count). The summed E-state index contributed by atoms with van der Waals surface area (Å²) in [5.41, 5.74) is 0.938. The normalized spacial score (nSPS) is 19.5. The molecule has 1 aliphatic heterocycles. The van der Waals surface area contributed by atoms with Gasteiger partial charge in [0.25, 0.3) is 0 Å². The van der Waals surface area contributed by atoms with Gasteiger partial charge in [0.2, 0.25) is 5.91 Å². The molecule has 1 aromatic rings. The van der Waals surface area contributed by atoms with Crippen molar-refractivity contribution in [3.63, 3.8) is 0 Å². The molecule has 4 heteroatoms. The third kappa shape index (κ3) is 2.15. The zero-order valence-corrected chi connectivity index (χ0v) is 9.19. The Kier molecular flexibility index (Phi) is 3.12. The van der Waals surface area contributed by atoms with Crippen LogP contribution < -0.4 is 4.90 Å². The maximum absolute atomic E-state index is 13.0. The molecule has 1 atom stereocenters. The number of aliphatic hydroxyl groups is 1. The molecule has 0 saturated carbocycles. The molecule has 0 radical (unpaired) electrons. The summed E-state index contributed by atoms with van der Waals surface area (Å²) in [5, 5.41) is 9.17. The Morgan fingerprint density at radius 3 is 2.94 bits per heavy atom. The first-order chi connectivity index (χ1) is 8.15. The summed E-state index contributed by atoms with van der Waals surface area (Å²) in [5.74, 6) is 1.91. The Hall–Kier alpha value is -1.86. The van der Waals surface area contributed by atoms with Crippen molar-refractivity contribution in [1.29, 1.82) is 0 Å². The zero-order chi connectivity index (χ0) is 12.4. The molecule has 88 valence electrons. The summed E-state index contributed by atoms with van der Waals surface area (Å²) in [7, 11) is 0. The highest BCUT2D eigenvalue weighted by Crippen LogP contribution is 2.28. The first-order valence-electron chi connectivity index (χ1n) is 5.31. The monoisotopic (exact) mass is 233 g/mol. The smallest absolute Gasteiger partial charge is 0.228 e. The van der Waals surface area contributed by atoms with E-state index in [0.717, 1.165) is 0 Å². The van der Waals surface area contributed by atoms with Gasteiger partial charge in [0.15, 0.2) is 0 Å². The topological polar surface area (TPSA) is 40.5 Å². The van der Waals surface area contributed by atoms with Crippen LogP contribution in [0, 0.1) is 24.1 Å². The Bertz CT molecular complexity index is 493. The number of carbonyl (C=O) groups is 1. The molecule has 1 N–H and O–H groups in total. The lowest BCUT2D eigenvalue weighted by Gasteiger charge is -2.19. The molecular weight excluding hydrogens is 221 g/mol. The largest absolute Gasteiger partial charge is 0.392 e. The molecule has 3 nitrogen and oxygen atoms in total. The summed E-state index contributed by atoms with van der Waals surface area (Å²) in [6, 6.07) is 3.99. The number of nitrogens with zero attached hydrogens (tertiary/aromatic N) is 1. The molecule has 1 aromatic carbocycles. The van der Waals surface area contributed by atoms with Crippen LogP contribution in [0.15, 0.2) is 18.2 Å². The number of amides is 1. The van der Waals surface area contributed by atoms with E-state index < -0.39 is 5.82 Å². The Morgan fingerprint density at radius 2 is 2.35 bits per heavy atom. The first kappa shape index (κ1) is 11.6. The van der Waals surface area contributed by atoms with Gasteiger partial charge in [0, 0.05) is 30.1 Å². The van der Waals surface area contributed by atoms with E-state index in [2.05, 4.69) is 5.92 Å². The van der Waals surface area contributed by atoms with Crippen molar-refractivity contribution >= 4 is 11.6 Å². The molecule has 1 unspecified atom stereocenters. The standard InChI is InChI=1S/C13H12FNO2/c1-2-9-5-13(17)15(7-9)12-4-3-11(14)6-10(12)8-16/h1,3-4,6,9,16H,5,7-8H2. The molecular formula is C13H12FNO2. The van der Waals surface area contributed by atoms with Gasteiger partial charge in [0.1, 0.15) is 5.82 Å². The lowest BCUT2D eigenvalue weighted by atomic mass is 10.1. The van der Waals surface area contributed by atoms with Crippen LogP contribution in [0.1, 0.15) is 12.0 Å². The number of rotatable bonds is 2. The molecule has 0 aromatic heterocycles. The van der Waals surface area contributed by atoms with E-state index in [1.807, 2.05) is 0 Å². The van der Waals surface area contributed by atoms with Gasteiger partial charge in [-0.05, 0) is 18.2 Å². The maximum Gasteiger partial charge on any atom is 0.228 e. The SMILES string of the molecule is C#CC1CC(=O)N(c2ccc(F)cc2CO)C1. The second kappa shape index (κ2) is 4.56. The van der Waals surface area contributed by atoms with Gasteiger partial charge in [-0.15, -0.1) is 12.3 Å². The fourth-order valence-electron chi connectivity index (χ4n) is 2.00. The summed E-state index contributed by atoms with van der Waals surface area (Å²) in [6.45, 7) is 0.117. The molecule has 1 amide bonds. The Balaban J connectivity index is 2.35. The van der Waals surface area contributed by atoms with Crippen molar-refractivity contribution in [2.75, 3.05) is 11.4 Å². The maximum atomic E-state index is 13.0. The van der Waals surface area contributed by atoms with Crippen LogP contribution in [0.3, 0.4) is 0 Å². The lowest BCUT2D eigenvalue weighted by Crippen LogP contribution is -2.25. The van der Waals surface area contributed by atoms with Crippen LogP contribution in [-0.4, -0.2) is 17.6 Å². The highest BCUT2D eigenvalue weighted by atomic mass is 19.1. The van der Waals surface area contributed by atoms with E-state index in [-0.39, 0.29) is 18.4 Å². The third-order valence-corrected chi connectivity index (χ3v) is 2.86. The Morgan fingerprint density at radius 1 is 1.59 bits per heavy atom. The van der Waals surface area contributed by atoms with Gasteiger partial charge >= 0.3 is 0 Å². The van der Waals surface area contributed by atoms with E-state index >= 15 is 0 Å². The number of benzene rings is 1. The average Bonchev–Trinajstić information content (AvgIpc) is 2.70. The molecule has 0 aliphatic carbocycles. The minimum atomic E-state index is -0.432. The average molecular weight is 233 g/mol. The quantitative estimate of drug-likeness (QED) is 0.782. The molecule has 0 spiro atoms. The second-order valence-corrected chi connectivity index (χ2v) is 4.00. The van der Waals surface area contributed by atoms with E-state index in [1.165, 1.54) is 23.1 Å². The Labute approximate surface area is 98.9 Å². The van der Waals surface area contributed by atoms with Crippen molar-refractivity contribution in [2.24, 2.45) is 5.92 Å². The predicted octanol–water partition coefficient (Wildman–Crippen LogP) is 1.30. The van der Waals surface area contributed by atoms with Crippen molar-refractivity contribution in [3.8, 4) is 12.3 Å². The molecule has 0 bridgehead atoms. The summed E-state index contributed by atoms with van der Waals surface area (Å²) >= 11 is 0. The van der Waals surface area contributed by atoms with Gasteiger partial charge in [-0.1, -0.05) is 0 Å². The number of anilines is 1. The molecule has 1 saturated heterocycles. The minimum Gasteiger partial charge on any atom is -0.392 e. The molecule has 1 aliphatic rings. The third-order valence-electron chi connectivity index (χ3n) is 2.86. The van der Waals surface area contributed by atoms with E-state index in [9.17, 15) is 9.18 Å². The number of hydrogen-bond acceptors (Lipinski definition) is 2. The van der Waals surface area contributed by atoms with Crippen LogP contribution in [0.2, 0.25) is 0 Å². The zero-order valence-electron chi connectivity index (χ0n) is 9.19. The highest BCUT2D eigenvalue weighted by molar-refractivity contribution is 5.96. The summed E-state index contributed by atoms with van der Waals surface area (Å²) < 4.78 is 13.0. The lowest BCUT2D eigenvalue weighted by molar-refractivity contribution is -0.117. The van der Waals surface area contributed by atoms with E-state index in [1.54, 1.807) is 0 Å². The number of carbonyl (C=O) groups excluding carboxylic acids is 1. The number of terminal acetylenes is 1. The van der Waals surface area contributed by atoms with Crippen molar-refractivity contribution in [2.45, 2.75) is 13.0 Å². The number of hydrogen-bond donors (Lipinski definition) is 1. The van der Waals surface area contributed by atoms with Gasteiger partial charge in [0.05, 0.1) is 6.61 Å². The van der Waals surface area contributed by atoms with Crippen molar-refractivity contribution in [3.05, 3.63) is 29.6 Å². The van der Waals surface area contributed by atoms with Crippen LogP contribution in [-0.2, 0) is 11.4 Å². The molecule has 1 heterocycles. The fourth-order valence-corrected chi connectivity index (χ4v) is 2.00. The highest BCUT2D eigenvalue weighted by Gasteiger charge is 2.30. The van der Waals surface area contributed by atoms with E-state index in [4.69, 9.17) is 11.5 Å². The van der Waals surface area contributed by atoms with Gasteiger partial charge in [-0.3, -0.25) is 4.79 Å². The summed E-state index contributed by atoms with van der Waals surface area (Å²) in [4.78, 5) is 13.3. The fraction of sp³-hybridized carbons (Fsp3) is 0.308. The van der Waals surface area contributed by atoms with E-state index in [0.29, 0.717) is 24.2 Å². The second-order valence-electron chi connectivity index (χ2n) is 4.00. The van der Waals surface area contributed by atoms with Crippen LogP contribution in [0.5, 0.6) is 0 Å². The van der Waals surface area contributed by atoms with Gasteiger partial charge in [-0.25, -0.2) is 4.39 Å². The molecule has 1 fully saturated rings. The predicted molar refractivity (Wildman–Crippen MR) is 61.6 cm³/mol. The van der Waals surface area contributed by atoms with Crippen LogP contribution in [0.4, 0.5) is 10.1 Å². The van der Waals surface area contributed by atoms with Gasteiger partial charge < -0.3 is 10.0 Å². The summed E-state index contributed by atoms with van der Waals surface area (Å²) in [6.07, 6.45) is 5.60. The minimum absolute atomic E-state index is 0.0886.